The zero-order valence-electron chi connectivity index (χ0n) is 11.6. The summed E-state index contributed by atoms with van der Waals surface area (Å²) in [5, 5.41) is 3.99. The molecule has 0 radical (unpaired) electrons. The number of aromatic nitrogens is 1. The number of nitrogens with zero attached hydrogens (tertiary/aromatic N) is 1. The summed E-state index contributed by atoms with van der Waals surface area (Å²) in [4.78, 5) is 4.05. The molecule has 0 saturated carbocycles. The summed E-state index contributed by atoms with van der Waals surface area (Å²) < 4.78 is 5.71. The van der Waals surface area contributed by atoms with Crippen LogP contribution >= 0.6 is 11.6 Å². The third-order valence-electron chi connectivity index (χ3n) is 2.87. The van der Waals surface area contributed by atoms with Crippen LogP contribution in [0.25, 0.3) is 0 Å². The molecule has 1 N–H and O–H groups in total. The van der Waals surface area contributed by atoms with Gasteiger partial charge in [0.2, 0.25) is 0 Å². The smallest absolute Gasteiger partial charge is 0.138 e. The van der Waals surface area contributed by atoms with Crippen LogP contribution in [0, 0.1) is 0 Å². The summed E-state index contributed by atoms with van der Waals surface area (Å²) in [6.07, 6.45) is 4.66. The molecule has 0 spiro atoms. The summed E-state index contributed by atoms with van der Waals surface area (Å²) >= 11 is 6.24. The van der Waals surface area contributed by atoms with E-state index in [9.17, 15) is 0 Å². The molecule has 0 atom stereocenters. The third kappa shape index (κ3) is 4.51. The molecule has 2 rings (SSSR count). The molecule has 0 aliphatic rings. The summed E-state index contributed by atoms with van der Waals surface area (Å²) in [6, 6.07) is 9.77. The van der Waals surface area contributed by atoms with Crippen LogP contribution in [0.2, 0.25) is 5.02 Å². The first-order valence-electron chi connectivity index (χ1n) is 6.80. The van der Waals surface area contributed by atoms with Gasteiger partial charge in [-0.2, -0.15) is 0 Å². The predicted octanol–water partition coefficient (Wildman–Crippen LogP) is 3.81. The highest BCUT2D eigenvalue weighted by Gasteiger charge is 2.03. The van der Waals surface area contributed by atoms with E-state index in [1.54, 1.807) is 12.4 Å². The van der Waals surface area contributed by atoms with E-state index < -0.39 is 0 Å². The molecule has 2 aromatic rings. The van der Waals surface area contributed by atoms with Gasteiger partial charge < -0.3 is 10.1 Å². The monoisotopic (exact) mass is 290 g/mol. The lowest BCUT2D eigenvalue weighted by atomic mass is 10.2. The topological polar surface area (TPSA) is 34.1 Å². The van der Waals surface area contributed by atoms with Crippen LogP contribution in [0.15, 0.2) is 42.7 Å². The summed E-state index contributed by atoms with van der Waals surface area (Å²) in [6.45, 7) is 4.46. The van der Waals surface area contributed by atoms with Crippen molar-refractivity contribution in [1.82, 2.24) is 10.3 Å². The van der Waals surface area contributed by atoms with Gasteiger partial charge in [-0.1, -0.05) is 30.7 Å². The predicted molar refractivity (Wildman–Crippen MR) is 82.0 cm³/mol. The number of hydrogen-bond donors (Lipinski definition) is 1. The first-order valence-corrected chi connectivity index (χ1v) is 7.18. The standard InChI is InChI=1S/C16H19ClN2O/c1-2-7-18-10-13-5-6-16(15(17)9-13)20-12-14-4-3-8-19-11-14/h3-6,8-9,11,18H,2,7,10,12H2,1H3. The van der Waals surface area contributed by atoms with E-state index in [-0.39, 0.29) is 0 Å². The lowest BCUT2D eigenvalue weighted by Gasteiger charge is -2.10. The van der Waals surface area contributed by atoms with Crippen LogP contribution in [0.4, 0.5) is 0 Å². The molecule has 1 aromatic carbocycles. The second-order valence-corrected chi connectivity index (χ2v) is 5.00. The van der Waals surface area contributed by atoms with Gasteiger partial charge in [0.1, 0.15) is 12.4 Å². The number of hydrogen-bond acceptors (Lipinski definition) is 3. The molecule has 3 nitrogen and oxygen atoms in total. The molecule has 0 amide bonds. The van der Waals surface area contributed by atoms with Gasteiger partial charge in [-0.15, -0.1) is 0 Å². The Balaban J connectivity index is 1.92. The van der Waals surface area contributed by atoms with E-state index in [1.807, 2.05) is 30.3 Å². The van der Waals surface area contributed by atoms with Crippen molar-refractivity contribution in [3.8, 4) is 5.75 Å². The van der Waals surface area contributed by atoms with E-state index in [1.165, 1.54) is 0 Å². The molecule has 4 heteroatoms. The molecular formula is C16H19ClN2O. The third-order valence-corrected chi connectivity index (χ3v) is 3.16. The fraction of sp³-hybridized carbons (Fsp3) is 0.312. The molecule has 0 bridgehead atoms. The van der Waals surface area contributed by atoms with Crippen molar-refractivity contribution in [1.29, 1.82) is 0 Å². The second kappa shape index (κ2) is 7.88. The summed E-state index contributed by atoms with van der Waals surface area (Å²) in [5.41, 5.74) is 2.19. The van der Waals surface area contributed by atoms with Crippen LogP contribution in [-0.2, 0) is 13.2 Å². The van der Waals surface area contributed by atoms with Crippen LogP contribution in [-0.4, -0.2) is 11.5 Å². The molecule has 0 fully saturated rings. The van der Waals surface area contributed by atoms with Crippen LogP contribution < -0.4 is 10.1 Å². The SMILES string of the molecule is CCCNCc1ccc(OCc2cccnc2)c(Cl)c1. The van der Waals surface area contributed by atoms with E-state index in [2.05, 4.69) is 17.2 Å². The summed E-state index contributed by atoms with van der Waals surface area (Å²) in [5.74, 6) is 0.703. The highest BCUT2D eigenvalue weighted by molar-refractivity contribution is 6.32. The highest BCUT2D eigenvalue weighted by atomic mass is 35.5. The van der Waals surface area contributed by atoms with Gasteiger partial charge in [-0.25, -0.2) is 0 Å². The van der Waals surface area contributed by atoms with E-state index in [0.717, 1.165) is 30.6 Å². The van der Waals surface area contributed by atoms with Gasteiger partial charge in [0, 0.05) is 24.5 Å². The Morgan fingerprint density at radius 1 is 1.25 bits per heavy atom. The Hall–Kier alpha value is -1.58. The average Bonchev–Trinajstić information content (AvgIpc) is 2.48. The zero-order chi connectivity index (χ0) is 14.2. The zero-order valence-corrected chi connectivity index (χ0v) is 12.4. The molecule has 1 heterocycles. The highest BCUT2D eigenvalue weighted by Crippen LogP contribution is 2.26. The minimum Gasteiger partial charge on any atom is -0.487 e. The molecular weight excluding hydrogens is 272 g/mol. The maximum atomic E-state index is 6.24. The Bertz CT molecular complexity index is 531. The van der Waals surface area contributed by atoms with Crippen LogP contribution in [0.3, 0.4) is 0 Å². The van der Waals surface area contributed by atoms with Crippen LogP contribution in [0.5, 0.6) is 5.75 Å². The molecule has 0 unspecified atom stereocenters. The van der Waals surface area contributed by atoms with Crippen LogP contribution in [0.1, 0.15) is 24.5 Å². The van der Waals surface area contributed by atoms with Crippen molar-refractivity contribution in [3.63, 3.8) is 0 Å². The fourth-order valence-corrected chi connectivity index (χ4v) is 2.08. The van der Waals surface area contributed by atoms with E-state index in [0.29, 0.717) is 17.4 Å². The van der Waals surface area contributed by atoms with Crippen molar-refractivity contribution >= 4 is 11.6 Å². The molecule has 0 saturated heterocycles. The van der Waals surface area contributed by atoms with Crippen molar-refractivity contribution in [2.24, 2.45) is 0 Å². The van der Waals surface area contributed by atoms with E-state index in [4.69, 9.17) is 16.3 Å². The molecule has 1 aromatic heterocycles. The first kappa shape index (κ1) is 14.8. The number of pyridine rings is 1. The Labute approximate surface area is 124 Å². The fourth-order valence-electron chi connectivity index (χ4n) is 1.83. The van der Waals surface area contributed by atoms with Gasteiger partial charge in [0.15, 0.2) is 0 Å². The number of halogens is 1. The Morgan fingerprint density at radius 2 is 2.15 bits per heavy atom. The van der Waals surface area contributed by atoms with Crippen molar-refractivity contribution in [2.45, 2.75) is 26.5 Å². The maximum absolute atomic E-state index is 6.24. The molecule has 106 valence electrons. The average molecular weight is 291 g/mol. The van der Waals surface area contributed by atoms with Gasteiger partial charge in [0.25, 0.3) is 0 Å². The van der Waals surface area contributed by atoms with Crippen molar-refractivity contribution in [3.05, 3.63) is 58.9 Å². The maximum Gasteiger partial charge on any atom is 0.138 e. The minimum atomic E-state index is 0.473. The second-order valence-electron chi connectivity index (χ2n) is 4.59. The molecule has 0 aliphatic carbocycles. The lowest BCUT2D eigenvalue weighted by molar-refractivity contribution is 0.306. The minimum absolute atomic E-state index is 0.473. The Kier molecular flexibility index (Phi) is 5.84. The normalized spacial score (nSPS) is 10.5. The number of benzene rings is 1. The van der Waals surface area contributed by atoms with Crippen molar-refractivity contribution in [2.75, 3.05) is 6.54 Å². The quantitative estimate of drug-likeness (QED) is 0.787. The lowest BCUT2D eigenvalue weighted by Crippen LogP contribution is -2.13. The van der Waals surface area contributed by atoms with Gasteiger partial charge in [-0.05, 0) is 36.7 Å². The first-order chi connectivity index (χ1) is 9.79. The Morgan fingerprint density at radius 3 is 2.85 bits per heavy atom. The molecule has 0 aliphatic heterocycles. The van der Waals surface area contributed by atoms with Gasteiger partial charge in [-0.3, -0.25) is 4.98 Å². The number of rotatable bonds is 7. The summed E-state index contributed by atoms with van der Waals surface area (Å²) in [7, 11) is 0. The number of nitrogens with one attached hydrogen (secondary N) is 1. The van der Waals surface area contributed by atoms with Gasteiger partial charge >= 0.3 is 0 Å². The number of ether oxygens (including phenoxy) is 1. The largest absolute Gasteiger partial charge is 0.487 e. The molecule has 20 heavy (non-hydrogen) atoms. The van der Waals surface area contributed by atoms with Crippen molar-refractivity contribution < 1.29 is 4.74 Å². The van der Waals surface area contributed by atoms with Gasteiger partial charge in [0.05, 0.1) is 5.02 Å². The van der Waals surface area contributed by atoms with E-state index >= 15 is 0 Å².